The molecule has 0 aliphatic carbocycles. The van der Waals surface area contributed by atoms with E-state index in [1.165, 1.54) is 212 Å². The summed E-state index contributed by atoms with van der Waals surface area (Å²) in [6.45, 7) is 4.91. The van der Waals surface area contributed by atoms with Crippen LogP contribution in [0.2, 0.25) is 0 Å². The highest BCUT2D eigenvalue weighted by atomic mass is 16.7. The number of likely N-dealkylation sites (N-methyl/N-ethyl adjacent to an activating group) is 1. The van der Waals surface area contributed by atoms with Crippen LogP contribution in [0.5, 0.6) is 0 Å². The summed E-state index contributed by atoms with van der Waals surface area (Å²) in [5, 5.41) is 9.68. The molecule has 69 heavy (non-hydrogen) atoms. The van der Waals surface area contributed by atoms with Gasteiger partial charge in [-0.1, -0.05) is 257 Å². The van der Waals surface area contributed by atoms with E-state index in [0.29, 0.717) is 23.9 Å². The second kappa shape index (κ2) is 52.4. The van der Waals surface area contributed by atoms with Crippen LogP contribution in [0.3, 0.4) is 0 Å². The number of carbonyl (C=O) groups is 3. The van der Waals surface area contributed by atoms with E-state index in [9.17, 15) is 19.5 Å². The summed E-state index contributed by atoms with van der Waals surface area (Å²) in [5.41, 5.74) is 0. The molecule has 0 aliphatic heterocycles. The van der Waals surface area contributed by atoms with Crippen molar-refractivity contribution in [2.75, 3.05) is 47.5 Å². The van der Waals surface area contributed by atoms with Crippen LogP contribution in [-0.4, -0.2) is 87.4 Å². The molecule has 0 spiro atoms. The lowest BCUT2D eigenvalue weighted by Crippen LogP contribution is -2.40. The molecule has 9 nitrogen and oxygen atoms in total. The summed E-state index contributed by atoms with van der Waals surface area (Å²) in [7, 11) is 5.97. The standard InChI is InChI=1S/C60H115NO8/c1-6-8-10-12-14-16-18-20-22-23-24-25-26-27-28-29-30-31-32-33-34-35-36-37-39-40-42-44-46-48-50-57(62)67-54-56(55-68-60(59(64)65)66-53-52-61(3,4)5)69-58(63)51-49-47-45-43-41-38-21-19-17-15-13-11-9-7-2/h19,21,56,60H,6-18,20,22-55H2,1-5H3/p+1/b21-19-. The largest absolute Gasteiger partial charge is 0.477 e. The first kappa shape index (κ1) is 67.0. The zero-order chi connectivity index (χ0) is 50.6. The Hall–Kier alpha value is -1.97. The predicted molar refractivity (Wildman–Crippen MR) is 291 cm³/mol. The van der Waals surface area contributed by atoms with Gasteiger partial charge in [0.2, 0.25) is 0 Å². The van der Waals surface area contributed by atoms with E-state index >= 15 is 0 Å². The minimum absolute atomic E-state index is 0.179. The predicted octanol–water partition coefficient (Wildman–Crippen LogP) is 17.4. The SMILES string of the molecule is CCCCCCC/C=C\CCCCCCCC(=O)OC(COC(=O)CCCCCCCCCCCCCCCCCCCCCCCCCCCCCCCC)COC(OCC[N+](C)(C)C)C(=O)O. The van der Waals surface area contributed by atoms with Crippen LogP contribution < -0.4 is 0 Å². The summed E-state index contributed by atoms with van der Waals surface area (Å²) in [5.74, 6) is -2.00. The van der Waals surface area contributed by atoms with Gasteiger partial charge in [-0.25, -0.2) is 4.79 Å². The van der Waals surface area contributed by atoms with Crippen molar-refractivity contribution in [2.24, 2.45) is 0 Å². The fourth-order valence-electron chi connectivity index (χ4n) is 8.89. The van der Waals surface area contributed by atoms with Gasteiger partial charge in [0.05, 0.1) is 34.4 Å². The molecule has 0 aromatic rings. The Morgan fingerprint density at radius 2 is 0.739 bits per heavy atom. The van der Waals surface area contributed by atoms with E-state index in [1.807, 2.05) is 21.1 Å². The molecule has 0 aliphatic rings. The number of quaternary nitrogens is 1. The highest BCUT2D eigenvalue weighted by Gasteiger charge is 2.25. The van der Waals surface area contributed by atoms with Gasteiger partial charge in [-0.3, -0.25) is 9.59 Å². The summed E-state index contributed by atoms with van der Waals surface area (Å²) < 4.78 is 22.9. The van der Waals surface area contributed by atoms with Gasteiger partial charge in [0.25, 0.3) is 6.29 Å². The third kappa shape index (κ3) is 53.7. The molecule has 0 fully saturated rings. The van der Waals surface area contributed by atoms with Crippen LogP contribution in [0.25, 0.3) is 0 Å². The number of unbranched alkanes of at least 4 members (excludes halogenated alkanes) is 39. The van der Waals surface area contributed by atoms with Gasteiger partial charge in [0.1, 0.15) is 13.2 Å². The second-order valence-electron chi connectivity index (χ2n) is 21.7. The smallest absolute Gasteiger partial charge is 0.361 e. The fourth-order valence-corrected chi connectivity index (χ4v) is 8.89. The quantitative estimate of drug-likeness (QED) is 0.0211. The van der Waals surface area contributed by atoms with Crippen molar-refractivity contribution in [2.45, 2.75) is 309 Å². The number of hydrogen-bond acceptors (Lipinski definition) is 7. The van der Waals surface area contributed by atoms with Crippen LogP contribution in [0.15, 0.2) is 12.2 Å². The molecule has 0 saturated carbocycles. The molecule has 0 rings (SSSR count). The van der Waals surface area contributed by atoms with E-state index in [-0.39, 0.29) is 32.2 Å². The number of aliphatic carboxylic acids is 1. The Labute approximate surface area is 427 Å². The summed E-state index contributed by atoms with van der Waals surface area (Å²) in [6, 6.07) is 0. The highest BCUT2D eigenvalue weighted by Crippen LogP contribution is 2.18. The molecule has 2 unspecified atom stereocenters. The van der Waals surface area contributed by atoms with Crippen molar-refractivity contribution in [3.63, 3.8) is 0 Å². The van der Waals surface area contributed by atoms with Crippen LogP contribution in [0.1, 0.15) is 296 Å². The van der Waals surface area contributed by atoms with E-state index in [2.05, 4.69) is 26.0 Å². The third-order valence-electron chi connectivity index (χ3n) is 13.5. The maximum Gasteiger partial charge on any atom is 0.361 e. The molecular weight excluding hydrogens is 863 g/mol. The second-order valence-corrected chi connectivity index (χ2v) is 21.7. The average molecular weight is 980 g/mol. The van der Waals surface area contributed by atoms with Gasteiger partial charge in [-0.15, -0.1) is 0 Å². The topological polar surface area (TPSA) is 108 Å². The normalized spacial score (nSPS) is 12.8. The van der Waals surface area contributed by atoms with Gasteiger partial charge in [0.15, 0.2) is 6.10 Å². The lowest BCUT2D eigenvalue weighted by atomic mass is 10.0. The average Bonchev–Trinajstić information content (AvgIpc) is 3.31. The molecule has 408 valence electrons. The Balaban J connectivity index is 4.05. The van der Waals surface area contributed by atoms with Crippen molar-refractivity contribution in [3.05, 3.63) is 12.2 Å². The van der Waals surface area contributed by atoms with Crippen LogP contribution >= 0.6 is 0 Å². The van der Waals surface area contributed by atoms with Gasteiger partial charge in [-0.2, -0.15) is 0 Å². The van der Waals surface area contributed by atoms with Gasteiger partial charge < -0.3 is 28.5 Å². The summed E-state index contributed by atoms with van der Waals surface area (Å²) in [6.07, 6.45) is 57.4. The van der Waals surface area contributed by atoms with Crippen molar-refractivity contribution in [1.29, 1.82) is 0 Å². The number of ether oxygens (including phenoxy) is 4. The lowest BCUT2D eigenvalue weighted by Gasteiger charge is -2.25. The van der Waals surface area contributed by atoms with E-state index in [4.69, 9.17) is 18.9 Å². The summed E-state index contributed by atoms with van der Waals surface area (Å²) in [4.78, 5) is 37.3. The molecule has 2 atom stereocenters. The number of hydrogen-bond donors (Lipinski definition) is 1. The highest BCUT2D eigenvalue weighted by molar-refractivity contribution is 5.71. The first-order valence-corrected chi connectivity index (χ1v) is 29.9. The number of carboxylic acids is 1. The molecule has 0 saturated heterocycles. The number of carbonyl (C=O) groups excluding carboxylic acids is 2. The molecule has 0 radical (unpaired) electrons. The Bertz CT molecular complexity index is 1140. The Morgan fingerprint density at radius 1 is 0.420 bits per heavy atom. The molecule has 0 aromatic carbocycles. The van der Waals surface area contributed by atoms with E-state index in [1.54, 1.807) is 0 Å². The number of nitrogens with zero attached hydrogens (tertiary/aromatic N) is 1. The minimum atomic E-state index is -1.51. The molecule has 9 heteroatoms. The van der Waals surface area contributed by atoms with Crippen molar-refractivity contribution >= 4 is 17.9 Å². The van der Waals surface area contributed by atoms with E-state index < -0.39 is 24.3 Å². The Kier molecular flexibility index (Phi) is 50.9. The molecule has 1 N–H and O–H groups in total. The Morgan fingerprint density at radius 3 is 1.07 bits per heavy atom. The molecular formula is C60H116NO8+. The fraction of sp³-hybridized carbons (Fsp3) is 0.917. The van der Waals surface area contributed by atoms with Gasteiger partial charge >= 0.3 is 17.9 Å². The minimum Gasteiger partial charge on any atom is -0.477 e. The maximum absolute atomic E-state index is 12.8. The van der Waals surface area contributed by atoms with Crippen LogP contribution in [-0.2, 0) is 33.3 Å². The zero-order valence-corrected chi connectivity index (χ0v) is 46.5. The first-order valence-electron chi connectivity index (χ1n) is 29.9. The number of allylic oxidation sites excluding steroid dienone is 2. The number of carboxylic acid groups (broad SMARTS) is 1. The van der Waals surface area contributed by atoms with E-state index in [0.717, 1.165) is 51.4 Å². The summed E-state index contributed by atoms with van der Waals surface area (Å²) >= 11 is 0. The molecule has 0 bridgehead atoms. The van der Waals surface area contributed by atoms with Crippen molar-refractivity contribution in [1.82, 2.24) is 0 Å². The number of rotatable bonds is 56. The maximum atomic E-state index is 12.8. The monoisotopic (exact) mass is 979 g/mol. The lowest BCUT2D eigenvalue weighted by molar-refractivity contribution is -0.870. The third-order valence-corrected chi connectivity index (χ3v) is 13.5. The van der Waals surface area contributed by atoms with Gasteiger partial charge in [-0.05, 0) is 38.5 Å². The van der Waals surface area contributed by atoms with Crippen molar-refractivity contribution in [3.8, 4) is 0 Å². The molecule has 0 amide bonds. The number of esters is 2. The zero-order valence-electron chi connectivity index (χ0n) is 46.5. The molecule has 0 aromatic heterocycles. The molecule has 0 heterocycles. The van der Waals surface area contributed by atoms with Crippen LogP contribution in [0.4, 0.5) is 0 Å². The first-order chi connectivity index (χ1) is 33.6. The van der Waals surface area contributed by atoms with Crippen LogP contribution in [0, 0.1) is 0 Å². The van der Waals surface area contributed by atoms with Crippen molar-refractivity contribution < 1.29 is 42.9 Å². The van der Waals surface area contributed by atoms with Gasteiger partial charge in [0, 0.05) is 12.8 Å².